The van der Waals surface area contributed by atoms with Gasteiger partial charge in [-0.2, -0.15) is 4.31 Å². The number of thioether (sulfide) groups is 2. The van der Waals surface area contributed by atoms with E-state index in [0.29, 0.717) is 11.4 Å². The van der Waals surface area contributed by atoms with Gasteiger partial charge in [-0.25, -0.2) is 8.42 Å². The first-order valence-electron chi connectivity index (χ1n) is 8.94. The van der Waals surface area contributed by atoms with E-state index in [1.165, 1.54) is 6.42 Å². The number of hydrogen-bond donors (Lipinski definition) is 0. The molecule has 0 aliphatic carbocycles. The van der Waals surface area contributed by atoms with Crippen molar-refractivity contribution in [3.05, 3.63) is 65.7 Å². The Labute approximate surface area is 164 Å². The Hall–Kier alpha value is -0.950. The average Bonchev–Trinajstić information content (AvgIpc) is 3.02. The summed E-state index contributed by atoms with van der Waals surface area (Å²) in [4.78, 5) is 0.395. The largest absolute Gasteiger partial charge is 0.243 e. The molecule has 0 amide bonds. The molecule has 0 N–H and O–H groups in total. The smallest absolute Gasteiger partial charge is 0.207 e. The molecule has 2 heterocycles. The molecular formula is C20H23NO2S3. The number of nitrogens with zero attached hydrogens (tertiary/aromatic N) is 1. The number of sulfonamides is 1. The van der Waals surface area contributed by atoms with Crippen LogP contribution in [-0.4, -0.2) is 34.9 Å². The van der Waals surface area contributed by atoms with Crippen LogP contribution in [0.15, 0.2) is 59.5 Å². The molecule has 2 fully saturated rings. The van der Waals surface area contributed by atoms with E-state index in [2.05, 4.69) is 12.1 Å². The molecule has 1 spiro atoms. The Morgan fingerprint density at radius 3 is 2.31 bits per heavy atom. The monoisotopic (exact) mass is 405 g/mol. The van der Waals surface area contributed by atoms with Gasteiger partial charge in [-0.15, -0.1) is 23.5 Å². The molecule has 1 atom stereocenters. The quantitative estimate of drug-likeness (QED) is 0.742. The van der Waals surface area contributed by atoms with Crippen LogP contribution in [0.1, 0.15) is 30.0 Å². The molecule has 0 unspecified atom stereocenters. The maximum Gasteiger partial charge on any atom is 0.243 e. The number of benzene rings is 2. The van der Waals surface area contributed by atoms with Crippen molar-refractivity contribution in [2.45, 2.75) is 34.8 Å². The van der Waals surface area contributed by atoms with E-state index in [1.807, 2.05) is 60.8 Å². The molecular weight excluding hydrogens is 382 g/mol. The van der Waals surface area contributed by atoms with Gasteiger partial charge in [-0.1, -0.05) is 48.0 Å². The summed E-state index contributed by atoms with van der Waals surface area (Å²) < 4.78 is 28.6. The fraction of sp³-hybridized carbons (Fsp3) is 0.400. The van der Waals surface area contributed by atoms with Crippen LogP contribution in [0.5, 0.6) is 0 Å². The Bertz CT molecular complexity index is 860. The zero-order valence-electron chi connectivity index (χ0n) is 14.8. The van der Waals surface area contributed by atoms with Crippen molar-refractivity contribution in [3.63, 3.8) is 0 Å². The van der Waals surface area contributed by atoms with Gasteiger partial charge in [0, 0.05) is 6.54 Å². The highest BCUT2D eigenvalue weighted by Crippen LogP contribution is 2.59. The van der Waals surface area contributed by atoms with Crippen LogP contribution in [0.25, 0.3) is 0 Å². The van der Waals surface area contributed by atoms with Crippen LogP contribution in [-0.2, 0) is 10.0 Å². The Kier molecular flexibility index (Phi) is 5.12. The van der Waals surface area contributed by atoms with Gasteiger partial charge in [0.25, 0.3) is 0 Å². The summed E-state index contributed by atoms with van der Waals surface area (Å²) in [6.07, 6.45) is 2.09. The van der Waals surface area contributed by atoms with E-state index in [1.54, 1.807) is 16.4 Å². The summed E-state index contributed by atoms with van der Waals surface area (Å²) in [5, 5.41) is 0. The van der Waals surface area contributed by atoms with Crippen LogP contribution in [0.3, 0.4) is 0 Å². The third-order valence-electron chi connectivity index (χ3n) is 5.11. The molecule has 6 heteroatoms. The lowest BCUT2D eigenvalue weighted by Crippen LogP contribution is -2.38. The van der Waals surface area contributed by atoms with Crippen molar-refractivity contribution in [2.24, 2.45) is 0 Å². The number of rotatable bonds is 3. The Morgan fingerprint density at radius 2 is 1.65 bits per heavy atom. The molecule has 0 radical (unpaired) electrons. The molecule has 0 aromatic heterocycles. The first kappa shape index (κ1) is 18.4. The van der Waals surface area contributed by atoms with Gasteiger partial charge < -0.3 is 0 Å². The summed E-state index contributed by atoms with van der Waals surface area (Å²) in [6.45, 7) is 2.55. The first-order valence-corrected chi connectivity index (χ1v) is 12.4. The molecule has 2 aliphatic heterocycles. The molecule has 4 rings (SSSR count). The summed E-state index contributed by atoms with van der Waals surface area (Å²) in [5.74, 6) is 2.21. The zero-order valence-corrected chi connectivity index (χ0v) is 17.2. The minimum Gasteiger partial charge on any atom is -0.207 e. The molecule has 3 nitrogen and oxygen atoms in total. The van der Waals surface area contributed by atoms with Gasteiger partial charge in [-0.05, 0) is 49.0 Å². The van der Waals surface area contributed by atoms with Gasteiger partial charge in [0.15, 0.2) is 0 Å². The maximum atomic E-state index is 13.5. The zero-order chi connectivity index (χ0) is 18.2. The Balaban J connectivity index is 1.78. The average molecular weight is 406 g/mol. The van der Waals surface area contributed by atoms with Crippen molar-refractivity contribution >= 4 is 33.5 Å². The van der Waals surface area contributed by atoms with Gasteiger partial charge in [0.2, 0.25) is 10.0 Å². The van der Waals surface area contributed by atoms with Gasteiger partial charge in [0.05, 0.1) is 15.0 Å². The van der Waals surface area contributed by atoms with Crippen molar-refractivity contribution in [1.29, 1.82) is 0 Å². The highest BCUT2D eigenvalue weighted by molar-refractivity contribution is 8.18. The normalized spacial score (nSPS) is 23.3. The first-order chi connectivity index (χ1) is 12.5. The SMILES string of the molecule is Cc1ccc(S(=O)(=O)N2CCC3(SCCCS3)[C@H]2c2ccccc2)cc1. The fourth-order valence-corrected chi connectivity index (χ4v) is 9.20. The maximum absolute atomic E-state index is 13.5. The van der Waals surface area contributed by atoms with E-state index in [0.717, 1.165) is 29.1 Å². The van der Waals surface area contributed by atoms with Crippen molar-refractivity contribution in [1.82, 2.24) is 4.31 Å². The predicted octanol–water partition coefficient (Wildman–Crippen LogP) is 4.70. The van der Waals surface area contributed by atoms with Gasteiger partial charge in [0.1, 0.15) is 0 Å². The molecule has 2 aromatic rings. The fourth-order valence-electron chi connectivity index (χ4n) is 3.80. The van der Waals surface area contributed by atoms with E-state index < -0.39 is 10.0 Å². The van der Waals surface area contributed by atoms with E-state index in [9.17, 15) is 8.42 Å². The molecule has 2 aromatic carbocycles. The molecule has 0 bridgehead atoms. The van der Waals surface area contributed by atoms with E-state index in [4.69, 9.17) is 0 Å². The van der Waals surface area contributed by atoms with Crippen LogP contribution in [0.2, 0.25) is 0 Å². The highest BCUT2D eigenvalue weighted by atomic mass is 32.2. The van der Waals surface area contributed by atoms with Crippen molar-refractivity contribution in [2.75, 3.05) is 18.1 Å². The second-order valence-electron chi connectivity index (χ2n) is 6.85. The predicted molar refractivity (Wildman–Crippen MR) is 111 cm³/mol. The lowest BCUT2D eigenvalue weighted by Gasteiger charge is -2.39. The summed E-state index contributed by atoms with van der Waals surface area (Å²) in [7, 11) is -3.52. The van der Waals surface area contributed by atoms with Crippen LogP contribution < -0.4 is 0 Å². The lowest BCUT2D eigenvalue weighted by molar-refractivity contribution is 0.393. The summed E-state index contributed by atoms with van der Waals surface area (Å²) in [5.41, 5.74) is 2.17. The minimum atomic E-state index is -3.52. The minimum absolute atomic E-state index is 0.0721. The molecule has 0 saturated carbocycles. The van der Waals surface area contributed by atoms with Crippen molar-refractivity contribution < 1.29 is 8.42 Å². The highest BCUT2D eigenvalue weighted by Gasteiger charge is 2.53. The van der Waals surface area contributed by atoms with Gasteiger partial charge >= 0.3 is 0 Å². The van der Waals surface area contributed by atoms with Crippen LogP contribution in [0.4, 0.5) is 0 Å². The molecule has 26 heavy (non-hydrogen) atoms. The lowest BCUT2D eigenvalue weighted by atomic mass is 10.0. The third kappa shape index (κ3) is 3.21. The summed E-state index contributed by atoms with van der Waals surface area (Å²) in [6, 6.07) is 17.3. The van der Waals surface area contributed by atoms with E-state index in [-0.39, 0.29) is 10.1 Å². The number of aryl methyl sites for hydroxylation is 1. The topological polar surface area (TPSA) is 37.4 Å². The molecule has 2 saturated heterocycles. The van der Waals surface area contributed by atoms with Gasteiger partial charge in [-0.3, -0.25) is 0 Å². The second kappa shape index (κ2) is 7.23. The molecule has 138 valence electrons. The summed E-state index contributed by atoms with van der Waals surface area (Å²) >= 11 is 3.90. The van der Waals surface area contributed by atoms with Crippen LogP contribution >= 0.6 is 23.5 Å². The van der Waals surface area contributed by atoms with E-state index >= 15 is 0 Å². The van der Waals surface area contributed by atoms with Crippen molar-refractivity contribution in [3.8, 4) is 0 Å². The molecule has 2 aliphatic rings. The Morgan fingerprint density at radius 1 is 1.00 bits per heavy atom. The third-order valence-corrected chi connectivity index (χ3v) is 10.5. The number of hydrogen-bond acceptors (Lipinski definition) is 4. The van der Waals surface area contributed by atoms with Crippen LogP contribution in [0, 0.1) is 6.92 Å². The second-order valence-corrected chi connectivity index (χ2v) is 11.9. The standard InChI is InChI=1S/C20H23NO2S3/c1-16-8-10-18(11-9-16)26(22,23)21-13-12-20(24-14-5-15-25-20)19(21)17-6-3-2-4-7-17/h2-4,6-11,19H,5,12-15H2,1H3/t19-/m1/s1.